The first-order valence-corrected chi connectivity index (χ1v) is 8.01. The summed E-state index contributed by atoms with van der Waals surface area (Å²) in [6.07, 6.45) is 0. The molecule has 1 atom stereocenters. The molecule has 23 heavy (non-hydrogen) atoms. The van der Waals surface area contributed by atoms with Gasteiger partial charge in [-0.1, -0.05) is 24.3 Å². The fourth-order valence-electron chi connectivity index (χ4n) is 3.30. The maximum absolute atomic E-state index is 13.2. The third-order valence-electron chi connectivity index (χ3n) is 4.47. The minimum Gasteiger partial charge on any atom is -0.333 e. The topological polar surface area (TPSA) is 41.4 Å². The normalized spacial score (nSPS) is 15.6. The molecule has 1 aliphatic rings. The number of fused-ring (bicyclic) bond motifs is 1. The predicted molar refractivity (Wildman–Crippen MR) is 90.0 cm³/mol. The van der Waals surface area contributed by atoms with E-state index in [1.807, 2.05) is 47.6 Å². The van der Waals surface area contributed by atoms with Crippen LogP contribution in [0.15, 0.2) is 30.3 Å². The largest absolute Gasteiger partial charge is 0.333 e. The van der Waals surface area contributed by atoms with Crippen molar-refractivity contribution in [3.8, 4) is 0 Å². The molecule has 5 nitrogen and oxygen atoms in total. The van der Waals surface area contributed by atoms with Crippen LogP contribution >= 0.6 is 0 Å². The second-order valence-electron chi connectivity index (χ2n) is 6.48. The number of aromatic nitrogens is 2. The third kappa shape index (κ3) is 3.01. The van der Waals surface area contributed by atoms with Crippen molar-refractivity contribution < 1.29 is 4.79 Å². The van der Waals surface area contributed by atoms with E-state index in [1.54, 1.807) is 0 Å². The zero-order chi connectivity index (χ0) is 16.6. The molecular formula is C18H24N4O. The Morgan fingerprint density at radius 1 is 1.22 bits per heavy atom. The Labute approximate surface area is 137 Å². The quantitative estimate of drug-likeness (QED) is 0.872. The second kappa shape index (κ2) is 6.16. The van der Waals surface area contributed by atoms with Gasteiger partial charge in [0.15, 0.2) is 0 Å². The van der Waals surface area contributed by atoms with Crippen LogP contribution in [0, 0.1) is 13.8 Å². The molecule has 0 saturated heterocycles. The summed E-state index contributed by atoms with van der Waals surface area (Å²) in [6.45, 7) is 6.17. The van der Waals surface area contributed by atoms with Crippen LogP contribution in [0.3, 0.4) is 0 Å². The maximum Gasteiger partial charge on any atom is 0.244 e. The van der Waals surface area contributed by atoms with E-state index in [2.05, 4.69) is 30.2 Å². The number of likely N-dealkylation sites (N-methyl/N-ethyl adjacent to an activating group) is 1. The lowest BCUT2D eigenvalue weighted by Gasteiger charge is -2.34. The molecule has 0 bridgehead atoms. The highest BCUT2D eigenvalue weighted by Gasteiger charge is 2.31. The Balaban J connectivity index is 1.87. The average molecular weight is 312 g/mol. The van der Waals surface area contributed by atoms with Crippen LogP contribution in [0.4, 0.5) is 0 Å². The van der Waals surface area contributed by atoms with Crippen LogP contribution in [-0.2, 0) is 17.9 Å². The summed E-state index contributed by atoms with van der Waals surface area (Å²) >= 11 is 0. The Morgan fingerprint density at radius 2 is 1.96 bits per heavy atom. The summed E-state index contributed by atoms with van der Waals surface area (Å²) < 4.78 is 2.01. The number of hydrogen-bond acceptors (Lipinski definition) is 3. The molecule has 2 aromatic rings. The van der Waals surface area contributed by atoms with Gasteiger partial charge in [-0.2, -0.15) is 5.10 Å². The van der Waals surface area contributed by atoms with Gasteiger partial charge < -0.3 is 4.90 Å². The van der Waals surface area contributed by atoms with E-state index >= 15 is 0 Å². The highest BCUT2D eigenvalue weighted by atomic mass is 16.2. The molecule has 5 heteroatoms. The summed E-state index contributed by atoms with van der Waals surface area (Å²) in [5, 5.41) is 4.47. The van der Waals surface area contributed by atoms with Gasteiger partial charge in [0.2, 0.25) is 5.91 Å². The molecule has 1 aromatic heterocycles. The van der Waals surface area contributed by atoms with E-state index in [0.717, 1.165) is 29.1 Å². The molecule has 0 N–H and O–H groups in total. The molecule has 0 saturated carbocycles. The van der Waals surface area contributed by atoms with Crippen molar-refractivity contribution in [3.05, 3.63) is 52.8 Å². The van der Waals surface area contributed by atoms with Gasteiger partial charge in [-0.3, -0.25) is 14.4 Å². The van der Waals surface area contributed by atoms with Crippen molar-refractivity contribution in [2.75, 3.05) is 20.6 Å². The number of hydrogen-bond donors (Lipinski definition) is 0. The van der Waals surface area contributed by atoms with E-state index < -0.39 is 0 Å². The van der Waals surface area contributed by atoms with E-state index in [4.69, 9.17) is 0 Å². The van der Waals surface area contributed by atoms with Gasteiger partial charge in [0.05, 0.1) is 24.5 Å². The Hall–Kier alpha value is -2.14. The van der Waals surface area contributed by atoms with Crippen molar-refractivity contribution >= 4 is 5.91 Å². The van der Waals surface area contributed by atoms with Crippen LogP contribution in [-0.4, -0.2) is 46.1 Å². The van der Waals surface area contributed by atoms with Gasteiger partial charge in [-0.05, 0) is 45.1 Å². The lowest BCUT2D eigenvalue weighted by Crippen LogP contribution is -2.44. The number of benzene rings is 1. The number of aryl methyl sites for hydroxylation is 2. The predicted octanol–water partition coefficient (Wildman–Crippen LogP) is 2.15. The summed E-state index contributed by atoms with van der Waals surface area (Å²) in [4.78, 5) is 17.1. The molecule has 0 radical (unpaired) electrons. The second-order valence-corrected chi connectivity index (χ2v) is 6.48. The standard InChI is InChI=1S/C18H24N4O/c1-13-7-5-6-8-16(13)17(20(3)4)18(23)21-9-10-22-15(12-21)11-14(2)19-22/h5-8,11,17H,9-10,12H2,1-4H3/t17-/m1/s1. The number of amides is 1. The van der Waals surface area contributed by atoms with Gasteiger partial charge in [-0.25, -0.2) is 0 Å². The van der Waals surface area contributed by atoms with Gasteiger partial charge in [0, 0.05) is 6.54 Å². The molecule has 2 heterocycles. The van der Waals surface area contributed by atoms with Crippen molar-refractivity contribution in [1.29, 1.82) is 0 Å². The molecule has 1 aliphatic heterocycles. The number of carbonyl (C=O) groups excluding carboxylic acids is 1. The van der Waals surface area contributed by atoms with Gasteiger partial charge in [-0.15, -0.1) is 0 Å². The van der Waals surface area contributed by atoms with E-state index in [0.29, 0.717) is 13.1 Å². The first kappa shape index (κ1) is 15.7. The van der Waals surface area contributed by atoms with Crippen LogP contribution in [0.1, 0.15) is 28.6 Å². The van der Waals surface area contributed by atoms with Crippen LogP contribution in [0.25, 0.3) is 0 Å². The van der Waals surface area contributed by atoms with Crippen LogP contribution < -0.4 is 0 Å². The first-order valence-electron chi connectivity index (χ1n) is 8.01. The maximum atomic E-state index is 13.2. The molecule has 0 unspecified atom stereocenters. The lowest BCUT2D eigenvalue weighted by atomic mass is 9.99. The van der Waals surface area contributed by atoms with Crippen molar-refractivity contribution in [3.63, 3.8) is 0 Å². The fourth-order valence-corrected chi connectivity index (χ4v) is 3.30. The molecule has 0 fully saturated rings. The summed E-state index contributed by atoms with van der Waals surface area (Å²) in [5.41, 5.74) is 4.36. The Morgan fingerprint density at radius 3 is 2.65 bits per heavy atom. The number of nitrogens with zero attached hydrogens (tertiary/aromatic N) is 4. The third-order valence-corrected chi connectivity index (χ3v) is 4.47. The van der Waals surface area contributed by atoms with Gasteiger partial charge >= 0.3 is 0 Å². The summed E-state index contributed by atoms with van der Waals surface area (Å²) in [5.74, 6) is 0.161. The number of carbonyl (C=O) groups is 1. The fraction of sp³-hybridized carbons (Fsp3) is 0.444. The van der Waals surface area contributed by atoms with E-state index in [9.17, 15) is 4.79 Å². The Bertz CT molecular complexity index is 720. The van der Waals surface area contributed by atoms with Gasteiger partial charge in [0.1, 0.15) is 6.04 Å². The SMILES string of the molecule is Cc1cc2n(n1)CCN(C(=O)[C@@H](c1ccccc1C)N(C)C)C2. The van der Waals surface area contributed by atoms with Crippen molar-refractivity contribution in [2.24, 2.45) is 0 Å². The minimum atomic E-state index is -0.244. The lowest BCUT2D eigenvalue weighted by molar-refractivity contribution is -0.138. The minimum absolute atomic E-state index is 0.161. The van der Waals surface area contributed by atoms with Crippen LogP contribution in [0.5, 0.6) is 0 Å². The van der Waals surface area contributed by atoms with E-state index in [-0.39, 0.29) is 11.9 Å². The monoisotopic (exact) mass is 312 g/mol. The highest BCUT2D eigenvalue weighted by Crippen LogP contribution is 2.26. The molecule has 1 amide bonds. The zero-order valence-corrected chi connectivity index (χ0v) is 14.3. The zero-order valence-electron chi connectivity index (χ0n) is 14.3. The summed E-state index contributed by atoms with van der Waals surface area (Å²) in [7, 11) is 3.93. The first-order chi connectivity index (χ1) is 11.0. The molecular weight excluding hydrogens is 288 g/mol. The highest BCUT2D eigenvalue weighted by molar-refractivity contribution is 5.83. The van der Waals surface area contributed by atoms with Crippen LogP contribution in [0.2, 0.25) is 0 Å². The molecule has 0 aliphatic carbocycles. The van der Waals surface area contributed by atoms with Crippen molar-refractivity contribution in [2.45, 2.75) is 33.0 Å². The average Bonchev–Trinajstić information content (AvgIpc) is 2.88. The van der Waals surface area contributed by atoms with Gasteiger partial charge in [0.25, 0.3) is 0 Å². The Kier molecular flexibility index (Phi) is 4.22. The molecule has 3 rings (SSSR count). The molecule has 122 valence electrons. The smallest absolute Gasteiger partial charge is 0.244 e. The van der Waals surface area contributed by atoms with E-state index in [1.165, 1.54) is 0 Å². The molecule has 0 spiro atoms. The summed E-state index contributed by atoms with van der Waals surface area (Å²) in [6, 6.07) is 9.95. The van der Waals surface area contributed by atoms with Crippen molar-refractivity contribution in [1.82, 2.24) is 19.6 Å². The number of rotatable bonds is 3. The molecule has 1 aromatic carbocycles.